The van der Waals surface area contributed by atoms with Gasteiger partial charge in [0.15, 0.2) is 0 Å². The van der Waals surface area contributed by atoms with Crippen LogP contribution in [0.4, 0.5) is 5.69 Å². The van der Waals surface area contributed by atoms with Gasteiger partial charge in [-0.1, -0.05) is 57.5 Å². The highest BCUT2D eigenvalue weighted by atomic mass is 35.5. The van der Waals surface area contributed by atoms with Gasteiger partial charge in [0.05, 0.1) is 14.2 Å². The van der Waals surface area contributed by atoms with E-state index in [1.165, 1.54) is 61.5 Å². The number of methoxy groups -OCH3 is 2. The fourth-order valence-electron chi connectivity index (χ4n) is 7.30. The monoisotopic (exact) mass is 569 g/mol. The molecule has 1 aliphatic heterocycles. The zero-order valence-corrected chi connectivity index (χ0v) is 27.1. The maximum absolute atomic E-state index is 7.11. The Hall–Kier alpha value is -3.17. The number of allylic oxidation sites excluding steroid dienone is 10. The lowest BCUT2D eigenvalue weighted by Crippen LogP contribution is -2.22. The molecule has 1 heterocycles. The topological polar surface area (TPSA) is 21.7 Å². The third-order valence-electron chi connectivity index (χ3n) is 9.54. The van der Waals surface area contributed by atoms with E-state index in [0.717, 1.165) is 35.8 Å². The van der Waals surface area contributed by atoms with Gasteiger partial charge in [-0.25, -0.2) is 0 Å². The Labute approximate surface area is 251 Å². The van der Waals surface area contributed by atoms with Crippen LogP contribution < -0.4 is 14.4 Å². The number of nitrogens with zero attached hydrogens (tertiary/aromatic N) is 1. The molecule has 2 aliphatic carbocycles. The first kappa shape index (κ1) is 29.3. The molecule has 0 spiro atoms. The van der Waals surface area contributed by atoms with Crippen molar-refractivity contribution in [1.82, 2.24) is 0 Å². The van der Waals surface area contributed by atoms with Crippen molar-refractivity contribution in [3.63, 3.8) is 0 Å². The van der Waals surface area contributed by atoms with Crippen molar-refractivity contribution in [2.75, 3.05) is 26.2 Å². The van der Waals surface area contributed by atoms with E-state index in [9.17, 15) is 0 Å². The molecule has 3 aliphatic rings. The molecule has 216 valence electrons. The van der Waals surface area contributed by atoms with Crippen molar-refractivity contribution in [2.24, 2.45) is 0 Å². The fourth-order valence-corrected chi connectivity index (χ4v) is 7.61. The van der Waals surface area contributed by atoms with Crippen LogP contribution in [-0.4, -0.2) is 21.3 Å². The molecular formula is C37H44ClNO2. The van der Waals surface area contributed by atoms with Gasteiger partial charge in [0, 0.05) is 34.3 Å². The molecule has 0 fully saturated rings. The van der Waals surface area contributed by atoms with Crippen LogP contribution in [0.15, 0.2) is 76.0 Å². The van der Waals surface area contributed by atoms with Gasteiger partial charge in [0.25, 0.3) is 0 Å². The van der Waals surface area contributed by atoms with Gasteiger partial charge in [-0.05, 0) is 120 Å². The summed E-state index contributed by atoms with van der Waals surface area (Å²) < 4.78 is 11.2. The van der Waals surface area contributed by atoms with Crippen LogP contribution in [-0.2, 0) is 10.8 Å². The molecule has 2 aromatic rings. The fraction of sp³-hybridized carbons (Fsp3) is 0.405. The second-order valence-corrected chi connectivity index (χ2v) is 13.2. The van der Waals surface area contributed by atoms with Gasteiger partial charge in [0.1, 0.15) is 11.5 Å². The highest BCUT2D eigenvalue weighted by Crippen LogP contribution is 2.51. The van der Waals surface area contributed by atoms with Crippen molar-refractivity contribution in [3.05, 3.63) is 104 Å². The van der Waals surface area contributed by atoms with Gasteiger partial charge >= 0.3 is 0 Å². The second-order valence-electron chi connectivity index (χ2n) is 12.8. The predicted octanol–water partition coefficient (Wildman–Crippen LogP) is 9.86. The number of likely N-dealkylation sites (N-methyl/N-ethyl adjacent to an activating group) is 1. The van der Waals surface area contributed by atoms with Gasteiger partial charge in [-0.15, -0.1) is 0 Å². The largest absolute Gasteiger partial charge is 0.497 e. The lowest BCUT2D eigenvalue weighted by atomic mass is 9.80. The molecule has 0 atom stereocenters. The normalized spacial score (nSPS) is 21.4. The molecule has 0 saturated carbocycles. The second kappa shape index (κ2) is 10.6. The number of hydrogen-bond donors (Lipinski definition) is 0. The summed E-state index contributed by atoms with van der Waals surface area (Å²) in [5, 5.41) is 0.891. The van der Waals surface area contributed by atoms with E-state index >= 15 is 0 Å². The number of rotatable bonds is 5. The first-order valence-electron chi connectivity index (χ1n) is 14.6. The third kappa shape index (κ3) is 4.77. The molecule has 3 nitrogen and oxygen atoms in total. The van der Waals surface area contributed by atoms with Crippen LogP contribution in [0.3, 0.4) is 0 Å². The molecule has 0 aromatic heterocycles. The molecule has 2 aromatic carbocycles. The standard InChI is InChI=1S/C37H44ClNO2/c1-22-18-27(40-9)20-30-33(22)24(3)29(36(30,4)5)16-14-25-12-11-13-26(34(25)38)15-17-32-37(6,7)31-21-28(41-10)19-23(2)35(31)39(32)8/h14-21H,11-13H2,1-10H3/b16-14+,26-15+,32-17-. The highest BCUT2D eigenvalue weighted by molar-refractivity contribution is 6.32. The molecule has 0 bridgehead atoms. The summed E-state index contributed by atoms with van der Waals surface area (Å²) in [6.45, 7) is 15.8. The van der Waals surface area contributed by atoms with Gasteiger partial charge in [0.2, 0.25) is 0 Å². The Balaban J connectivity index is 1.47. The summed E-state index contributed by atoms with van der Waals surface area (Å²) in [7, 11) is 5.64. The Morgan fingerprint density at radius 1 is 0.805 bits per heavy atom. The number of ether oxygens (including phenoxy) is 2. The lowest BCUT2D eigenvalue weighted by molar-refractivity contribution is 0.413. The van der Waals surface area contributed by atoms with E-state index in [4.69, 9.17) is 21.1 Å². The molecular weight excluding hydrogens is 526 g/mol. The third-order valence-corrected chi connectivity index (χ3v) is 10.0. The number of aryl methyl sites for hydroxylation is 2. The summed E-state index contributed by atoms with van der Waals surface area (Å²) >= 11 is 7.11. The molecule has 0 amide bonds. The molecule has 41 heavy (non-hydrogen) atoms. The van der Waals surface area contributed by atoms with Crippen LogP contribution in [0.1, 0.15) is 81.7 Å². The maximum atomic E-state index is 7.11. The Kier molecular flexibility index (Phi) is 7.57. The van der Waals surface area contributed by atoms with Crippen molar-refractivity contribution >= 4 is 22.9 Å². The van der Waals surface area contributed by atoms with Crippen LogP contribution in [0.2, 0.25) is 0 Å². The van der Waals surface area contributed by atoms with Crippen LogP contribution in [0.5, 0.6) is 11.5 Å². The quantitative estimate of drug-likeness (QED) is 0.357. The smallest absolute Gasteiger partial charge is 0.119 e. The Morgan fingerprint density at radius 2 is 1.44 bits per heavy atom. The lowest BCUT2D eigenvalue weighted by Gasteiger charge is -2.25. The SMILES string of the molecule is COc1cc(C)c2c(c1)C(C)(C)C(/C=C/C1=C(Cl)C(=C/C=C3\N(C)c4c(C)cc(OC)cc4C3(C)C)/CCC1)=C2C. The number of halogens is 1. The Bertz CT molecular complexity index is 1580. The zero-order chi connectivity index (χ0) is 29.9. The van der Waals surface area contributed by atoms with Crippen molar-refractivity contribution < 1.29 is 9.47 Å². The molecule has 0 radical (unpaired) electrons. The van der Waals surface area contributed by atoms with Crippen LogP contribution in [0.25, 0.3) is 5.57 Å². The first-order valence-corrected chi connectivity index (χ1v) is 15.0. The van der Waals surface area contributed by atoms with E-state index in [0.29, 0.717) is 0 Å². The average molecular weight is 570 g/mol. The zero-order valence-electron chi connectivity index (χ0n) is 26.4. The molecule has 0 saturated heterocycles. The maximum Gasteiger partial charge on any atom is 0.119 e. The van der Waals surface area contributed by atoms with Gasteiger partial charge < -0.3 is 14.4 Å². The van der Waals surface area contributed by atoms with Crippen LogP contribution in [0, 0.1) is 13.8 Å². The molecule has 5 rings (SSSR count). The highest BCUT2D eigenvalue weighted by Gasteiger charge is 2.40. The Morgan fingerprint density at radius 3 is 2.10 bits per heavy atom. The predicted molar refractivity (Wildman–Crippen MR) is 175 cm³/mol. The molecule has 0 unspecified atom stereocenters. The summed E-state index contributed by atoms with van der Waals surface area (Å²) in [4.78, 5) is 2.33. The van der Waals surface area contributed by atoms with E-state index in [-0.39, 0.29) is 10.8 Å². The average Bonchev–Trinajstić information content (AvgIpc) is 3.24. The number of fused-ring (bicyclic) bond motifs is 2. The minimum atomic E-state index is -0.137. The number of benzene rings is 2. The van der Waals surface area contributed by atoms with Gasteiger partial charge in [-0.3, -0.25) is 0 Å². The van der Waals surface area contributed by atoms with Crippen molar-refractivity contribution in [3.8, 4) is 11.5 Å². The number of hydrogen-bond acceptors (Lipinski definition) is 3. The molecule has 0 N–H and O–H groups in total. The summed E-state index contributed by atoms with van der Waals surface area (Å²) in [5.74, 6) is 1.83. The van der Waals surface area contributed by atoms with E-state index in [1.807, 2.05) is 0 Å². The van der Waals surface area contributed by atoms with Crippen LogP contribution >= 0.6 is 11.6 Å². The molecule has 4 heteroatoms. The van der Waals surface area contributed by atoms with Gasteiger partial charge in [-0.2, -0.15) is 0 Å². The van der Waals surface area contributed by atoms with E-state index in [1.54, 1.807) is 14.2 Å². The minimum Gasteiger partial charge on any atom is -0.497 e. The first-order chi connectivity index (χ1) is 19.3. The van der Waals surface area contributed by atoms with E-state index in [2.05, 4.69) is 109 Å². The van der Waals surface area contributed by atoms with E-state index < -0.39 is 0 Å². The summed E-state index contributed by atoms with van der Waals surface area (Å²) in [5.41, 5.74) is 13.9. The summed E-state index contributed by atoms with van der Waals surface area (Å²) in [6.07, 6.45) is 12.2. The minimum absolute atomic E-state index is 0.103. The summed E-state index contributed by atoms with van der Waals surface area (Å²) in [6, 6.07) is 8.63. The van der Waals surface area contributed by atoms with Crippen molar-refractivity contribution in [2.45, 2.75) is 78.6 Å². The van der Waals surface area contributed by atoms with Crippen molar-refractivity contribution in [1.29, 1.82) is 0 Å². The number of anilines is 1.